The minimum absolute atomic E-state index is 0.346. The molecule has 0 heterocycles. The highest BCUT2D eigenvalue weighted by molar-refractivity contribution is 5.08. The largest absolute Gasteiger partial charge is 0.303 e. The van der Waals surface area contributed by atoms with E-state index in [4.69, 9.17) is 0 Å². The molecular weight excluding hydrogens is 198 g/mol. The molecular formula is C13H27N3. The van der Waals surface area contributed by atoms with Crippen molar-refractivity contribution in [3.05, 3.63) is 0 Å². The van der Waals surface area contributed by atoms with Crippen LogP contribution in [0.2, 0.25) is 0 Å². The standard InChI is InChI=1S/C13H27N3/c1-6-13(11-14,12(4)5)15-9-10-16(7-2)8-3/h12,15H,6-10H2,1-5H3. The van der Waals surface area contributed by atoms with E-state index in [1.165, 1.54) is 0 Å². The molecule has 0 rings (SSSR count). The molecule has 1 atom stereocenters. The summed E-state index contributed by atoms with van der Waals surface area (Å²) in [5.41, 5.74) is -0.354. The Bertz CT molecular complexity index is 216. The number of hydrogen-bond acceptors (Lipinski definition) is 3. The van der Waals surface area contributed by atoms with E-state index in [0.29, 0.717) is 5.92 Å². The van der Waals surface area contributed by atoms with Gasteiger partial charge in [-0.1, -0.05) is 34.6 Å². The highest BCUT2D eigenvalue weighted by atomic mass is 15.1. The number of nitrogens with zero attached hydrogens (tertiary/aromatic N) is 2. The van der Waals surface area contributed by atoms with Crippen LogP contribution in [0.1, 0.15) is 41.0 Å². The lowest BCUT2D eigenvalue weighted by Crippen LogP contribution is -2.50. The second-order valence-corrected chi connectivity index (χ2v) is 4.55. The Labute approximate surface area is 101 Å². The first-order valence-corrected chi connectivity index (χ1v) is 6.44. The van der Waals surface area contributed by atoms with Gasteiger partial charge in [-0.15, -0.1) is 0 Å². The van der Waals surface area contributed by atoms with Crippen molar-refractivity contribution in [2.24, 2.45) is 5.92 Å². The van der Waals surface area contributed by atoms with Crippen LogP contribution in [-0.2, 0) is 0 Å². The number of rotatable bonds is 8. The first kappa shape index (κ1) is 15.4. The van der Waals surface area contributed by atoms with E-state index >= 15 is 0 Å². The van der Waals surface area contributed by atoms with Crippen LogP contribution < -0.4 is 5.32 Å². The molecule has 1 N–H and O–H groups in total. The fraction of sp³-hybridized carbons (Fsp3) is 0.923. The zero-order valence-electron chi connectivity index (χ0n) is 11.5. The average Bonchev–Trinajstić information content (AvgIpc) is 2.30. The summed E-state index contributed by atoms with van der Waals surface area (Å²) in [7, 11) is 0. The summed E-state index contributed by atoms with van der Waals surface area (Å²) < 4.78 is 0. The van der Waals surface area contributed by atoms with Gasteiger partial charge in [0.2, 0.25) is 0 Å². The molecule has 1 unspecified atom stereocenters. The van der Waals surface area contributed by atoms with Gasteiger partial charge in [-0.25, -0.2) is 0 Å². The van der Waals surface area contributed by atoms with Gasteiger partial charge in [0.1, 0.15) is 5.54 Å². The molecule has 0 saturated carbocycles. The number of nitrogens with one attached hydrogen (secondary N) is 1. The maximum absolute atomic E-state index is 9.30. The molecule has 94 valence electrons. The molecule has 0 bridgehead atoms. The van der Waals surface area contributed by atoms with Gasteiger partial charge in [-0.2, -0.15) is 5.26 Å². The first-order valence-electron chi connectivity index (χ1n) is 6.44. The number of likely N-dealkylation sites (N-methyl/N-ethyl adjacent to an activating group) is 1. The Balaban J connectivity index is 4.19. The van der Waals surface area contributed by atoms with Crippen molar-refractivity contribution in [1.29, 1.82) is 5.26 Å². The summed E-state index contributed by atoms with van der Waals surface area (Å²) in [5, 5.41) is 12.7. The minimum atomic E-state index is -0.354. The summed E-state index contributed by atoms with van der Waals surface area (Å²) in [4.78, 5) is 2.37. The van der Waals surface area contributed by atoms with E-state index in [1.807, 2.05) is 0 Å². The Morgan fingerprint density at radius 3 is 2.12 bits per heavy atom. The fourth-order valence-electron chi connectivity index (χ4n) is 1.96. The van der Waals surface area contributed by atoms with Gasteiger partial charge in [0.05, 0.1) is 6.07 Å². The van der Waals surface area contributed by atoms with E-state index in [-0.39, 0.29) is 5.54 Å². The van der Waals surface area contributed by atoms with E-state index < -0.39 is 0 Å². The van der Waals surface area contributed by atoms with Crippen molar-refractivity contribution in [2.75, 3.05) is 26.2 Å². The quantitative estimate of drug-likeness (QED) is 0.688. The predicted octanol–water partition coefficient (Wildman–Crippen LogP) is 2.25. The molecule has 0 aliphatic rings. The van der Waals surface area contributed by atoms with Crippen molar-refractivity contribution in [3.8, 4) is 6.07 Å². The van der Waals surface area contributed by atoms with Crippen LogP contribution in [0, 0.1) is 17.2 Å². The van der Waals surface area contributed by atoms with Crippen molar-refractivity contribution in [2.45, 2.75) is 46.6 Å². The maximum Gasteiger partial charge on any atom is 0.108 e. The third-order valence-electron chi connectivity index (χ3n) is 3.51. The molecule has 3 nitrogen and oxygen atoms in total. The Hall–Kier alpha value is -0.590. The molecule has 0 aromatic carbocycles. The average molecular weight is 225 g/mol. The zero-order chi connectivity index (χ0) is 12.6. The summed E-state index contributed by atoms with van der Waals surface area (Å²) in [6.07, 6.45) is 0.861. The van der Waals surface area contributed by atoms with Crippen molar-refractivity contribution < 1.29 is 0 Å². The summed E-state index contributed by atoms with van der Waals surface area (Å²) >= 11 is 0. The normalized spacial score (nSPS) is 15.1. The van der Waals surface area contributed by atoms with Crippen LogP contribution in [0.3, 0.4) is 0 Å². The van der Waals surface area contributed by atoms with Crippen LogP contribution in [-0.4, -0.2) is 36.6 Å². The van der Waals surface area contributed by atoms with Crippen LogP contribution >= 0.6 is 0 Å². The van der Waals surface area contributed by atoms with Gasteiger partial charge in [0.15, 0.2) is 0 Å². The lowest BCUT2D eigenvalue weighted by molar-refractivity contribution is 0.255. The SMILES string of the molecule is CCN(CC)CCNC(C#N)(CC)C(C)C. The van der Waals surface area contributed by atoms with Crippen molar-refractivity contribution >= 4 is 0 Å². The molecule has 0 amide bonds. The van der Waals surface area contributed by atoms with Gasteiger partial charge in [0.25, 0.3) is 0 Å². The van der Waals surface area contributed by atoms with E-state index in [9.17, 15) is 5.26 Å². The summed E-state index contributed by atoms with van der Waals surface area (Å²) in [6.45, 7) is 14.7. The van der Waals surface area contributed by atoms with Crippen LogP contribution in [0.15, 0.2) is 0 Å². The molecule has 0 aromatic rings. The number of nitriles is 1. The molecule has 16 heavy (non-hydrogen) atoms. The minimum Gasteiger partial charge on any atom is -0.303 e. The third kappa shape index (κ3) is 4.11. The van der Waals surface area contributed by atoms with Gasteiger partial charge in [-0.05, 0) is 25.4 Å². The molecule has 0 aromatic heterocycles. The Kier molecular flexibility index (Phi) is 7.36. The smallest absolute Gasteiger partial charge is 0.108 e. The first-order chi connectivity index (χ1) is 7.56. The van der Waals surface area contributed by atoms with Crippen LogP contribution in [0.5, 0.6) is 0 Å². The summed E-state index contributed by atoms with van der Waals surface area (Å²) in [5.74, 6) is 0.346. The highest BCUT2D eigenvalue weighted by Gasteiger charge is 2.30. The Morgan fingerprint density at radius 1 is 1.25 bits per heavy atom. The third-order valence-corrected chi connectivity index (χ3v) is 3.51. The van der Waals surface area contributed by atoms with Crippen LogP contribution in [0.4, 0.5) is 0 Å². The topological polar surface area (TPSA) is 39.1 Å². The van der Waals surface area contributed by atoms with Gasteiger partial charge in [-0.3, -0.25) is 5.32 Å². The van der Waals surface area contributed by atoms with Gasteiger partial charge < -0.3 is 4.90 Å². The number of hydrogen-bond donors (Lipinski definition) is 1. The molecule has 0 aliphatic heterocycles. The molecule has 0 aliphatic carbocycles. The van der Waals surface area contributed by atoms with E-state index in [0.717, 1.165) is 32.6 Å². The highest BCUT2D eigenvalue weighted by Crippen LogP contribution is 2.19. The van der Waals surface area contributed by atoms with Crippen molar-refractivity contribution in [1.82, 2.24) is 10.2 Å². The van der Waals surface area contributed by atoms with Gasteiger partial charge >= 0.3 is 0 Å². The Morgan fingerprint density at radius 2 is 1.81 bits per heavy atom. The second kappa shape index (κ2) is 7.65. The lowest BCUT2D eigenvalue weighted by atomic mass is 9.85. The predicted molar refractivity (Wildman–Crippen MR) is 69.3 cm³/mol. The second-order valence-electron chi connectivity index (χ2n) is 4.55. The molecule has 0 saturated heterocycles. The molecule has 0 fully saturated rings. The summed E-state index contributed by atoms with van der Waals surface area (Å²) in [6, 6.07) is 2.44. The van der Waals surface area contributed by atoms with E-state index in [2.05, 4.69) is 50.9 Å². The maximum atomic E-state index is 9.30. The zero-order valence-corrected chi connectivity index (χ0v) is 11.5. The fourth-order valence-corrected chi connectivity index (χ4v) is 1.96. The van der Waals surface area contributed by atoms with E-state index in [1.54, 1.807) is 0 Å². The monoisotopic (exact) mass is 225 g/mol. The van der Waals surface area contributed by atoms with Crippen LogP contribution in [0.25, 0.3) is 0 Å². The van der Waals surface area contributed by atoms with Gasteiger partial charge in [0, 0.05) is 13.1 Å². The lowest BCUT2D eigenvalue weighted by Gasteiger charge is -2.31. The molecule has 3 heteroatoms. The molecule has 0 spiro atoms. The van der Waals surface area contributed by atoms with Crippen molar-refractivity contribution in [3.63, 3.8) is 0 Å². The molecule has 0 radical (unpaired) electrons.